The van der Waals surface area contributed by atoms with Gasteiger partial charge in [-0.2, -0.15) is 0 Å². The lowest BCUT2D eigenvalue weighted by Gasteiger charge is -2.01. The molecule has 1 aliphatic rings. The van der Waals surface area contributed by atoms with Crippen LogP contribution in [0.25, 0.3) is 0 Å². The Bertz CT molecular complexity index is 217. The summed E-state index contributed by atoms with van der Waals surface area (Å²) in [6.45, 7) is 0. The zero-order valence-electron chi connectivity index (χ0n) is 6.34. The van der Waals surface area contributed by atoms with Crippen molar-refractivity contribution in [1.29, 1.82) is 0 Å². The van der Waals surface area contributed by atoms with Gasteiger partial charge < -0.3 is 0 Å². The first-order valence-corrected chi connectivity index (χ1v) is 4.76. The van der Waals surface area contributed by atoms with E-state index >= 15 is 0 Å². The molecule has 0 aliphatic carbocycles. The molecule has 0 saturated carbocycles. The molecule has 0 spiro atoms. The second kappa shape index (κ2) is 3.31. The predicted octanol–water partition coefficient (Wildman–Crippen LogP) is 3.15. The summed E-state index contributed by atoms with van der Waals surface area (Å²) < 4.78 is 0. The molecule has 0 N–H and O–H groups in total. The van der Waals surface area contributed by atoms with Gasteiger partial charge in [-0.1, -0.05) is 18.2 Å². The molecule has 0 atom stereocenters. The summed E-state index contributed by atoms with van der Waals surface area (Å²) in [5.41, 5.74) is 1.49. The van der Waals surface area contributed by atoms with Crippen LogP contribution in [0.5, 0.6) is 0 Å². The number of rotatable bonds is 0. The highest BCUT2D eigenvalue weighted by atomic mass is 32.2. The van der Waals surface area contributed by atoms with Crippen LogP contribution in [-0.2, 0) is 6.42 Å². The zero-order valence-corrected chi connectivity index (χ0v) is 7.16. The van der Waals surface area contributed by atoms with E-state index in [1.165, 1.54) is 23.3 Å². The lowest BCUT2D eigenvalue weighted by Crippen LogP contribution is -1.83. The largest absolute Gasteiger partial charge is 0.116 e. The van der Waals surface area contributed by atoms with Gasteiger partial charge in [-0.05, 0) is 30.9 Å². The molecule has 1 heteroatoms. The van der Waals surface area contributed by atoms with Crippen molar-refractivity contribution in [3.05, 3.63) is 35.6 Å². The number of hydrogen-bond donors (Lipinski definition) is 0. The maximum absolute atomic E-state index is 3.32. The quantitative estimate of drug-likeness (QED) is 0.564. The van der Waals surface area contributed by atoms with Gasteiger partial charge in [0.25, 0.3) is 0 Å². The van der Waals surface area contributed by atoms with Crippen molar-refractivity contribution >= 4 is 11.8 Å². The Morgan fingerprint density at radius 3 is 3.18 bits per heavy atom. The SMILES string of the molecule is [C]1CCCc2ccccc2S1. The van der Waals surface area contributed by atoms with E-state index in [1.807, 2.05) is 0 Å². The van der Waals surface area contributed by atoms with E-state index in [2.05, 4.69) is 30.0 Å². The van der Waals surface area contributed by atoms with E-state index < -0.39 is 0 Å². The van der Waals surface area contributed by atoms with Gasteiger partial charge in [0.2, 0.25) is 0 Å². The molecule has 0 aromatic heterocycles. The molecule has 0 saturated heterocycles. The third kappa shape index (κ3) is 1.59. The monoisotopic (exact) mass is 162 g/mol. The Morgan fingerprint density at radius 1 is 1.27 bits per heavy atom. The van der Waals surface area contributed by atoms with Crippen LogP contribution in [-0.4, -0.2) is 0 Å². The fraction of sp³-hybridized carbons (Fsp3) is 0.300. The molecule has 1 aromatic carbocycles. The Labute approximate surface area is 72.0 Å². The summed E-state index contributed by atoms with van der Waals surface area (Å²) in [5, 5.41) is 0. The van der Waals surface area contributed by atoms with Crippen molar-refractivity contribution in [1.82, 2.24) is 0 Å². The molecule has 11 heavy (non-hydrogen) atoms. The van der Waals surface area contributed by atoms with Crippen LogP contribution in [0.2, 0.25) is 0 Å². The maximum Gasteiger partial charge on any atom is 0.0535 e. The van der Waals surface area contributed by atoms with Crippen molar-refractivity contribution in [2.24, 2.45) is 0 Å². The van der Waals surface area contributed by atoms with Crippen LogP contribution < -0.4 is 0 Å². The van der Waals surface area contributed by atoms with Gasteiger partial charge >= 0.3 is 0 Å². The summed E-state index contributed by atoms with van der Waals surface area (Å²) in [6.07, 6.45) is 3.60. The average molecular weight is 162 g/mol. The minimum absolute atomic E-state index is 1.12. The molecule has 0 nitrogen and oxygen atoms in total. The van der Waals surface area contributed by atoms with Crippen LogP contribution in [0.1, 0.15) is 18.4 Å². The molecule has 2 rings (SSSR count). The van der Waals surface area contributed by atoms with Crippen molar-refractivity contribution in [2.75, 3.05) is 0 Å². The summed E-state index contributed by atoms with van der Waals surface area (Å²) in [6, 6.07) is 8.61. The highest BCUT2D eigenvalue weighted by molar-refractivity contribution is 8.01. The zero-order chi connectivity index (χ0) is 7.52. The number of aryl methyl sites for hydroxylation is 1. The molecule has 0 bridgehead atoms. The smallest absolute Gasteiger partial charge is 0.0535 e. The highest BCUT2D eigenvalue weighted by Gasteiger charge is 2.06. The third-order valence-corrected chi connectivity index (χ3v) is 2.85. The standard InChI is InChI=1S/C10H10S/c1-2-7-10-9(5-1)6-3-4-8-11-10/h1-2,5,7H,3-4,6H2. The molecular formula is C10H10S. The first-order valence-electron chi connectivity index (χ1n) is 3.94. The Hall–Kier alpha value is -0.430. The van der Waals surface area contributed by atoms with E-state index in [4.69, 9.17) is 0 Å². The van der Waals surface area contributed by atoms with Crippen molar-refractivity contribution < 1.29 is 0 Å². The van der Waals surface area contributed by atoms with Gasteiger partial charge in [-0.25, -0.2) is 0 Å². The number of hydrogen-bond acceptors (Lipinski definition) is 1. The van der Waals surface area contributed by atoms with Crippen LogP contribution in [0.3, 0.4) is 0 Å². The van der Waals surface area contributed by atoms with Crippen LogP contribution in [0, 0.1) is 5.75 Å². The van der Waals surface area contributed by atoms with Gasteiger partial charge in [0, 0.05) is 4.90 Å². The van der Waals surface area contributed by atoms with E-state index in [-0.39, 0.29) is 0 Å². The van der Waals surface area contributed by atoms with Crippen molar-refractivity contribution in [3.8, 4) is 0 Å². The van der Waals surface area contributed by atoms with E-state index in [0.717, 1.165) is 6.42 Å². The van der Waals surface area contributed by atoms with Crippen molar-refractivity contribution in [2.45, 2.75) is 24.2 Å². The van der Waals surface area contributed by atoms with Gasteiger partial charge in [-0.15, -0.1) is 11.8 Å². The molecule has 0 fully saturated rings. The van der Waals surface area contributed by atoms with E-state index in [9.17, 15) is 0 Å². The van der Waals surface area contributed by atoms with Crippen molar-refractivity contribution in [3.63, 3.8) is 0 Å². The first-order chi connectivity index (χ1) is 5.47. The fourth-order valence-electron chi connectivity index (χ4n) is 1.29. The molecular weight excluding hydrogens is 152 g/mol. The van der Waals surface area contributed by atoms with Crippen LogP contribution in [0.4, 0.5) is 0 Å². The summed E-state index contributed by atoms with van der Waals surface area (Å²) in [7, 11) is 0. The van der Waals surface area contributed by atoms with Gasteiger partial charge in [-0.3, -0.25) is 0 Å². The third-order valence-electron chi connectivity index (χ3n) is 1.88. The lowest BCUT2D eigenvalue weighted by molar-refractivity contribution is 0.831. The van der Waals surface area contributed by atoms with Crippen LogP contribution >= 0.6 is 11.8 Å². The molecule has 0 amide bonds. The minimum atomic E-state index is 1.12. The minimum Gasteiger partial charge on any atom is -0.116 e. The Balaban J connectivity index is 2.33. The Kier molecular flexibility index (Phi) is 2.18. The van der Waals surface area contributed by atoms with E-state index in [1.54, 1.807) is 11.8 Å². The normalized spacial score (nSPS) is 17.1. The summed E-state index contributed by atoms with van der Waals surface area (Å²) in [5.74, 6) is 3.32. The van der Waals surface area contributed by atoms with Gasteiger partial charge in [0.05, 0.1) is 5.75 Å². The summed E-state index contributed by atoms with van der Waals surface area (Å²) in [4.78, 5) is 1.39. The average Bonchev–Trinajstić information content (AvgIpc) is 2.28. The second-order valence-electron chi connectivity index (χ2n) is 2.71. The number of thioether (sulfide) groups is 1. The number of benzene rings is 1. The van der Waals surface area contributed by atoms with E-state index in [0.29, 0.717) is 0 Å². The topological polar surface area (TPSA) is 0 Å². The second-order valence-corrected chi connectivity index (χ2v) is 3.64. The predicted molar refractivity (Wildman–Crippen MR) is 48.5 cm³/mol. The molecule has 1 aliphatic heterocycles. The van der Waals surface area contributed by atoms with Gasteiger partial charge in [0.1, 0.15) is 0 Å². The molecule has 56 valence electrons. The summed E-state index contributed by atoms with van der Waals surface area (Å²) >= 11 is 1.76. The maximum atomic E-state index is 3.32. The lowest BCUT2D eigenvalue weighted by atomic mass is 10.1. The van der Waals surface area contributed by atoms with Gasteiger partial charge in [0.15, 0.2) is 0 Å². The fourth-order valence-corrected chi connectivity index (χ4v) is 2.14. The van der Waals surface area contributed by atoms with Crippen LogP contribution in [0.15, 0.2) is 29.2 Å². The number of fused-ring (bicyclic) bond motifs is 1. The molecule has 1 aromatic rings. The Morgan fingerprint density at radius 2 is 2.18 bits per heavy atom. The molecule has 2 radical (unpaired) electrons. The highest BCUT2D eigenvalue weighted by Crippen LogP contribution is 2.30. The molecule has 0 unspecified atom stereocenters. The first kappa shape index (κ1) is 7.23. The molecule has 1 heterocycles.